The third-order valence-electron chi connectivity index (χ3n) is 4.59. The van der Waals surface area contributed by atoms with Crippen LogP contribution < -0.4 is 0 Å². The third kappa shape index (κ3) is 4.52. The lowest BCUT2D eigenvalue weighted by atomic mass is 9.77. The van der Waals surface area contributed by atoms with Crippen LogP contribution in [-0.4, -0.2) is 0 Å². The molecule has 1 fully saturated rings. The Kier molecular flexibility index (Phi) is 5.96. The second-order valence-electron chi connectivity index (χ2n) is 6.10. The van der Waals surface area contributed by atoms with E-state index in [2.05, 4.69) is 12.2 Å². The zero-order valence-electron chi connectivity index (χ0n) is 12.8. The molecule has 1 aliphatic rings. The Morgan fingerprint density at radius 1 is 1.18 bits per heavy atom. The first kappa shape index (κ1) is 17.4. The van der Waals surface area contributed by atoms with E-state index < -0.39 is 11.7 Å². The summed E-state index contributed by atoms with van der Waals surface area (Å²) in [6.07, 6.45) is 6.63. The average molecular weight is 331 g/mol. The van der Waals surface area contributed by atoms with Crippen LogP contribution in [0.25, 0.3) is 0 Å². The Morgan fingerprint density at radius 3 is 2.41 bits per heavy atom. The number of hydrogen-bond donors (Lipinski definition) is 0. The Morgan fingerprint density at radius 2 is 1.86 bits per heavy atom. The third-order valence-corrected chi connectivity index (χ3v) is 4.91. The van der Waals surface area contributed by atoms with Crippen molar-refractivity contribution >= 4 is 11.6 Å². The van der Waals surface area contributed by atoms with Gasteiger partial charge in [-0.15, -0.1) is 0 Å². The second-order valence-corrected chi connectivity index (χ2v) is 6.51. The molecule has 0 amide bonds. The summed E-state index contributed by atoms with van der Waals surface area (Å²) < 4.78 is 38.2. The van der Waals surface area contributed by atoms with Gasteiger partial charge in [0.2, 0.25) is 0 Å². The molecule has 0 atom stereocenters. The highest BCUT2D eigenvalue weighted by atomic mass is 35.5. The van der Waals surface area contributed by atoms with Crippen molar-refractivity contribution in [2.75, 3.05) is 0 Å². The van der Waals surface area contributed by atoms with Gasteiger partial charge >= 0.3 is 6.18 Å². The second kappa shape index (κ2) is 7.54. The molecular formula is C18H22ClF3. The predicted molar refractivity (Wildman–Crippen MR) is 85.2 cm³/mol. The van der Waals surface area contributed by atoms with E-state index in [4.69, 9.17) is 11.6 Å². The largest absolute Gasteiger partial charge is 0.417 e. The lowest BCUT2D eigenvalue weighted by Gasteiger charge is -2.29. The fourth-order valence-corrected chi connectivity index (χ4v) is 3.59. The maximum atomic E-state index is 12.7. The van der Waals surface area contributed by atoms with Crippen LogP contribution in [0.2, 0.25) is 5.02 Å². The van der Waals surface area contributed by atoms with Gasteiger partial charge in [0, 0.05) is 0 Å². The topological polar surface area (TPSA) is 0 Å². The summed E-state index contributed by atoms with van der Waals surface area (Å²) in [6, 6.07) is 4.23. The zero-order valence-corrected chi connectivity index (χ0v) is 13.6. The van der Waals surface area contributed by atoms with Crippen molar-refractivity contribution in [3.05, 3.63) is 46.5 Å². The van der Waals surface area contributed by atoms with Gasteiger partial charge in [0.05, 0.1) is 10.6 Å². The maximum Gasteiger partial charge on any atom is 0.417 e. The van der Waals surface area contributed by atoms with Crippen molar-refractivity contribution in [2.45, 2.75) is 57.5 Å². The van der Waals surface area contributed by atoms with E-state index in [0.717, 1.165) is 49.7 Å². The summed E-state index contributed by atoms with van der Waals surface area (Å²) in [6.45, 7) is 2.03. The Labute approximate surface area is 135 Å². The van der Waals surface area contributed by atoms with Gasteiger partial charge in [-0.3, -0.25) is 0 Å². The average Bonchev–Trinajstić information content (AvgIpc) is 2.47. The molecule has 0 bridgehead atoms. The highest BCUT2D eigenvalue weighted by Gasteiger charge is 2.33. The van der Waals surface area contributed by atoms with Gasteiger partial charge in [-0.25, -0.2) is 0 Å². The van der Waals surface area contributed by atoms with E-state index >= 15 is 0 Å². The molecule has 0 unspecified atom stereocenters. The first-order chi connectivity index (χ1) is 10.4. The van der Waals surface area contributed by atoms with Crippen molar-refractivity contribution in [1.29, 1.82) is 0 Å². The first-order valence-corrected chi connectivity index (χ1v) is 8.27. The summed E-state index contributed by atoms with van der Waals surface area (Å²) in [4.78, 5) is 0. The highest BCUT2D eigenvalue weighted by Crippen LogP contribution is 2.41. The molecule has 1 aromatic carbocycles. The van der Waals surface area contributed by atoms with Crippen molar-refractivity contribution in [3.8, 4) is 0 Å². The van der Waals surface area contributed by atoms with Gasteiger partial charge in [0.25, 0.3) is 0 Å². The number of hydrogen-bond acceptors (Lipinski definition) is 0. The Bertz CT molecular complexity index is 512. The molecule has 4 heteroatoms. The van der Waals surface area contributed by atoms with E-state index in [0.29, 0.717) is 5.92 Å². The van der Waals surface area contributed by atoms with E-state index in [9.17, 15) is 13.2 Å². The molecule has 0 nitrogen and oxygen atoms in total. The van der Waals surface area contributed by atoms with E-state index in [-0.39, 0.29) is 5.02 Å². The van der Waals surface area contributed by atoms with Crippen molar-refractivity contribution in [3.63, 3.8) is 0 Å². The van der Waals surface area contributed by atoms with Gasteiger partial charge in [0.1, 0.15) is 0 Å². The Hall–Kier alpha value is -0.960. The minimum Gasteiger partial charge on any atom is -0.166 e. The van der Waals surface area contributed by atoms with Crippen LogP contribution in [0.5, 0.6) is 0 Å². The molecule has 0 saturated heterocycles. The molecule has 0 heterocycles. The molecule has 1 aromatic rings. The lowest BCUT2D eigenvalue weighted by molar-refractivity contribution is -0.137. The number of alkyl halides is 3. The molecule has 0 spiro atoms. The summed E-state index contributed by atoms with van der Waals surface area (Å²) in [5.41, 5.74) is 0.211. The smallest absolute Gasteiger partial charge is 0.166 e. The minimum absolute atomic E-state index is 0.180. The molecular weight excluding hydrogens is 309 g/mol. The summed E-state index contributed by atoms with van der Waals surface area (Å²) in [5, 5.41) is -0.180. The minimum atomic E-state index is -4.37. The molecule has 0 aliphatic heterocycles. The zero-order chi connectivity index (χ0) is 16.2. The Balaban J connectivity index is 1.96. The van der Waals surface area contributed by atoms with Crippen LogP contribution in [0.3, 0.4) is 0 Å². The number of benzene rings is 1. The van der Waals surface area contributed by atoms with Crippen molar-refractivity contribution in [2.24, 2.45) is 5.92 Å². The van der Waals surface area contributed by atoms with Gasteiger partial charge in [-0.1, -0.05) is 29.8 Å². The van der Waals surface area contributed by atoms with Crippen LogP contribution in [0, 0.1) is 5.92 Å². The maximum absolute atomic E-state index is 12.7. The van der Waals surface area contributed by atoms with Crippen LogP contribution in [0.4, 0.5) is 13.2 Å². The lowest BCUT2D eigenvalue weighted by Crippen LogP contribution is -2.14. The molecule has 1 aliphatic carbocycles. The highest BCUT2D eigenvalue weighted by molar-refractivity contribution is 6.31. The van der Waals surface area contributed by atoms with Crippen molar-refractivity contribution < 1.29 is 13.2 Å². The molecule has 22 heavy (non-hydrogen) atoms. The van der Waals surface area contributed by atoms with Gasteiger partial charge in [0.15, 0.2) is 0 Å². The number of rotatable bonds is 4. The molecule has 0 radical (unpaired) electrons. The quantitative estimate of drug-likeness (QED) is 0.522. The summed E-state index contributed by atoms with van der Waals surface area (Å²) in [7, 11) is 0. The van der Waals surface area contributed by atoms with Crippen LogP contribution >= 0.6 is 11.6 Å². The first-order valence-electron chi connectivity index (χ1n) is 7.89. The van der Waals surface area contributed by atoms with Gasteiger partial charge < -0.3 is 0 Å². The van der Waals surface area contributed by atoms with Crippen LogP contribution in [0.1, 0.15) is 62.5 Å². The van der Waals surface area contributed by atoms with Gasteiger partial charge in [-0.05, 0) is 75.0 Å². The molecule has 2 rings (SSSR count). The van der Waals surface area contributed by atoms with Gasteiger partial charge in [-0.2, -0.15) is 13.2 Å². The fraction of sp³-hybridized carbons (Fsp3) is 0.556. The number of halogens is 4. The summed E-state index contributed by atoms with van der Waals surface area (Å²) in [5.74, 6) is 1.09. The number of allylic oxidation sites excluding steroid dienone is 2. The fourth-order valence-electron chi connectivity index (χ4n) is 3.30. The van der Waals surface area contributed by atoms with Crippen LogP contribution in [0.15, 0.2) is 30.4 Å². The van der Waals surface area contributed by atoms with E-state index in [1.165, 1.54) is 12.5 Å². The molecule has 0 aromatic heterocycles. The standard InChI is InChI=1S/C18H22ClF3/c1-2-3-4-5-13-6-8-14(9-7-13)15-10-11-16(17(19)12-15)18(20,21)22/h2-3,10-14H,4-9H2,1H3/b3-2+. The molecule has 1 saturated carbocycles. The van der Waals surface area contributed by atoms with Crippen molar-refractivity contribution in [1.82, 2.24) is 0 Å². The van der Waals surface area contributed by atoms with E-state index in [1.54, 1.807) is 6.07 Å². The predicted octanol–water partition coefficient (Wildman–Crippen LogP) is 6.99. The summed E-state index contributed by atoms with van der Waals surface area (Å²) >= 11 is 5.82. The SMILES string of the molecule is C/C=C/CCC1CCC(c2ccc(C(F)(F)F)c(Cl)c2)CC1. The normalized spacial score (nSPS) is 23.1. The molecule has 122 valence electrons. The molecule has 0 N–H and O–H groups in total. The monoisotopic (exact) mass is 330 g/mol. The van der Waals surface area contributed by atoms with E-state index in [1.807, 2.05) is 6.92 Å². The van der Waals surface area contributed by atoms with Crippen LogP contribution in [-0.2, 0) is 6.18 Å².